The van der Waals surface area contributed by atoms with Crippen LogP contribution in [0, 0.1) is 0 Å². The van der Waals surface area contributed by atoms with Crippen LogP contribution in [0.2, 0.25) is 0 Å². The van der Waals surface area contributed by atoms with Crippen LogP contribution in [0.15, 0.2) is 0 Å². The molecule has 0 spiro atoms. The second kappa shape index (κ2) is 5.97. The van der Waals surface area contributed by atoms with Crippen LogP contribution in [0.5, 0.6) is 0 Å². The number of carbonyl (C=O) groups is 1. The van der Waals surface area contributed by atoms with E-state index >= 15 is 0 Å². The molecule has 0 radical (unpaired) electrons. The predicted molar refractivity (Wildman–Crippen MR) is 45.8 cm³/mol. The topological polar surface area (TPSA) is 49.8 Å². The molecule has 4 nitrogen and oxygen atoms in total. The average molecular weight is 175 g/mol. The first kappa shape index (κ1) is 11.4. The van der Waals surface area contributed by atoms with Gasteiger partial charge < -0.3 is 9.84 Å². The Kier molecular flexibility index (Phi) is 5.66. The van der Waals surface area contributed by atoms with Gasteiger partial charge in [-0.25, -0.2) is 0 Å². The van der Waals surface area contributed by atoms with Crippen molar-refractivity contribution in [2.45, 2.75) is 20.0 Å². The van der Waals surface area contributed by atoms with Crippen LogP contribution in [0.3, 0.4) is 0 Å². The molecule has 0 bridgehead atoms. The highest BCUT2D eigenvalue weighted by Crippen LogP contribution is 1.89. The van der Waals surface area contributed by atoms with Crippen molar-refractivity contribution in [2.24, 2.45) is 0 Å². The minimum atomic E-state index is -0.413. The number of esters is 1. The van der Waals surface area contributed by atoms with Gasteiger partial charge in [0.2, 0.25) is 0 Å². The molecule has 0 aliphatic heterocycles. The van der Waals surface area contributed by atoms with Gasteiger partial charge in [0.25, 0.3) is 0 Å². The van der Waals surface area contributed by atoms with Crippen molar-refractivity contribution in [3.8, 4) is 0 Å². The molecule has 12 heavy (non-hydrogen) atoms. The minimum absolute atomic E-state index is 0.235. The molecular formula is C8H17NO3. The van der Waals surface area contributed by atoms with Crippen LogP contribution in [0.25, 0.3) is 0 Å². The summed E-state index contributed by atoms with van der Waals surface area (Å²) in [6.45, 7) is 4.58. The molecule has 0 amide bonds. The summed E-state index contributed by atoms with van der Waals surface area (Å²) < 4.78 is 4.73. The van der Waals surface area contributed by atoms with Crippen molar-refractivity contribution in [1.29, 1.82) is 0 Å². The largest absolute Gasteiger partial charge is 0.465 e. The number of aliphatic hydroxyl groups excluding tert-OH is 1. The van der Waals surface area contributed by atoms with Gasteiger partial charge in [-0.15, -0.1) is 0 Å². The number of rotatable bonds is 5. The molecule has 0 fully saturated rings. The quantitative estimate of drug-likeness (QED) is 0.591. The SMILES string of the molecule is CCOC(=O)CN(C)CC(C)O. The monoisotopic (exact) mass is 175 g/mol. The molecule has 4 heteroatoms. The Morgan fingerprint density at radius 3 is 2.67 bits per heavy atom. The number of carbonyl (C=O) groups excluding carboxylic acids is 1. The number of ether oxygens (including phenoxy) is 1. The van der Waals surface area contributed by atoms with Gasteiger partial charge in [-0.2, -0.15) is 0 Å². The van der Waals surface area contributed by atoms with E-state index in [1.54, 1.807) is 25.8 Å². The summed E-state index contributed by atoms with van der Waals surface area (Å²) >= 11 is 0. The molecule has 0 rings (SSSR count). The van der Waals surface area contributed by atoms with E-state index in [-0.39, 0.29) is 12.5 Å². The third kappa shape index (κ3) is 6.12. The van der Waals surface area contributed by atoms with E-state index < -0.39 is 6.10 Å². The first-order valence-electron chi connectivity index (χ1n) is 4.08. The van der Waals surface area contributed by atoms with Crippen LogP contribution in [0.1, 0.15) is 13.8 Å². The van der Waals surface area contributed by atoms with Crippen molar-refractivity contribution in [1.82, 2.24) is 4.90 Å². The van der Waals surface area contributed by atoms with Crippen molar-refractivity contribution in [3.05, 3.63) is 0 Å². The van der Waals surface area contributed by atoms with Gasteiger partial charge in [-0.05, 0) is 20.9 Å². The third-order valence-electron chi connectivity index (χ3n) is 1.28. The third-order valence-corrected chi connectivity index (χ3v) is 1.28. The Bertz CT molecular complexity index is 136. The Labute approximate surface area is 73.1 Å². The van der Waals surface area contributed by atoms with Gasteiger partial charge in [0.15, 0.2) is 0 Å². The Morgan fingerprint density at radius 2 is 2.25 bits per heavy atom. The maximum atomic E-state index is 10.9. The highest BCUT2D eigenvalue weighted by atomic mass is 16.5. The molecule has 0 saturated carbocycles. The summed E-state index contributed by atoms with van der Waals surface area (Å²) in [6, 6.07) is 0. The van der Waals surface area contributed by atoms with Crippen molar-refractivity contribution in [3.63, 3.8) is 0 Å². The Hall–Kier alpha value is -0.610. The number of nitrogens with zero attached hydrogens (tertiary/aromatic N) is 1. The molecule has 0 aromatic rings. The van der Waals surface area contributed by atoms with Gasteiger partial charge in [0, 0.05) is 6.54 Å². The number of aliphatic hydroxyl groups is 1. The number of likely N-dealkylation sites (N-methyl/N-ethyl adjacent to an activating group) is 1. The van der Waals surface area contributed by atoms with Crippen LogP contribution in [-0.4, -0.2) is 48.8 Å². The summed E-state index contributed by atoms with van der Waals surface area (Å²) in [5, 5.41) is 8.97. The highest BCUT2D eigenvalue weighted by Gasteiger charge is 2.08. The number of hydrogen-bond donors (Lipinski definition) is 1. The summed E-state index contributed by atoms with van der Waals surface area (Å²) in [7, 11) is 1.77. The molecule has 0 heterocycles. The molecule has 1 N–H and O–H groups in total. The fourth-order valence-corrected chi connectivity index (χ4v) is 0.943. The lowest BCUT2D eigenvalue weighted by atomic mass is 10.4. The zero-order chi connectivity index (χ0) is 9.56. The summed E-state index contributed by atoms with van der Waals surface area (Å²) in [5.41, 5.74) is 0. The van der Waals surface area contributed by atoms with E-state index in [2.05, 4.69) is 0 Å². The Balaban J connectivity index is 3.54. The standard InChI is InChI=1S/C8H17NO3/c1-4-12-8(11)6-9(3)5-7(2)10/h7,10H,4-6H2,1-3H3. The molecular weight excluding hydrogens is 158 g/mol. The zero-order valence-corrected chi connectivity index (χ0v) is 7.91. The molecule has 1 atom stereocenters. The van der Waals surface area contributed by atoms with E-state index in [0.29, 0.717) is 13.2 Å². The lowest BCUT2D eigenvalue weighted by Gasteiger charge is -2.16. The lowest BCUT2D eigenvalue weighted by Crippen LogP contribution is -2.32. The molecule has 0 aliphatic rings. The van der Waals surface area contributed by atoms with E-state index in [0.717, 1.165) is 0 Å². The first-order chi connectivity index (χ1) is 5.56. The minimum Gasteiger partial charge on any atom is -0.465 e. The van der Waals surface area contributed by atoms with Crippen molar-refractivity contribution in [2.75, 3.05) is 26.7 Å². The molecule has 0 aliphatic carbocycles. The van der Waals surface area contributed by atoms with Crippen LogP contribution < -0.4 is 0 Å². The maximum Gasteiger partial charge on any atom is 0.320 e. The Morgan fingerprint density at radius 1 is 1.67 bits per heavy atom. The van der Waals surface area contributed by atoms with Gasteiger partial charge in [0.05, 0.1) is 19.3 Å². The van der Waals surface area contributed by atoms with Crippen molar-refractivity contribution >= 4 is 5.97 Å². The van der Waals surface area contributed by atoms with E-state index in [1.165, 1.54) is 0 Å². The van der Waals surface area contributed by atoms with Gasteiger partial charge in [-0.3, -0.25) is 9.69 Å². The summed E-state index contributed by atoms with van der Waals surface area (Å²) in [4.78, 5) is 12.6. The average Bonchev–Trinajstić information content (AvgIpc) is 1.84. The highest BCUT2D eigenvalue weighted by molar-refractivity contribution is 5.71. The fraction of sp³-hybridized carbons (Fsp3) is 0.875. The summed E-state index contributed by atoms with van der Waals surface area (Å²) in [5.74, 6) is -0.249. The second-order valence-corrected chi connectivity index (χ2v) is 2.85. The van der Waals surface area contributed by atoms with E-state index in [1.807, 2.05) is 0 Å². The first-order valence-corrected chi connectivity index (χ1v) is 4.08. The molecule has 1 unspecified atom stereocenters. The van der Waals surface area contributed by atoms with Crippen molar-refractivity contribution < 1.29 is 14.6 Å². The van der Waals surface area contributed by atoms with Crippen LogP contribution in [-0.2, 0) is 9.53 Å². The number of hydrogen-bond acceptors (Lipinski definition) is 4. The normalized spacial score (nSPS) is 13.1. The smallest absolute Gasteiger partial charge is 0.320 e. The lowest BCUT2D eigenvalue weighted by molar-refractivity contribution is -0.144. The van der Waals surface area contributed by atoms with Crippen LogP contribution in [0.4, 0.5) is 0 Å². The molecule has 0 aromatic heterocycles. The zero-order valence-electron chi connectivity index (χ0n) is 7.91. The van der Waals surface area contributed by atoms with E-state index in [9.17, 15) is 4.79 Å². The maximum absolute atomic E-state index is 10.9. The second-order valence-electron chi connectivity index (χ2n) is 2.85. The fourth-order valence-electron chi connectivity index (χ4n) is 0.943. The summed E-state index contributed by atoms with van der Waals surface area (Å²) in [6.07, 6.45) is -0.413. The molecule has 72 valence electrons. The molecule has 0 saturated heterocycles. The van der Waals surface area contributed by atoms with E-state index in [4.69, 9.17) is 9.84 Å². The molecule has 0 aromatic carbocycles. The van der Waals surface area contributed by atoms with Gasteiger partial charge >= 0.3 is 5.97 Å². The van der Waals surface area contributed by atoms with Gasteiger partial charge in [0.1, 0.15) is 0 Å². The van der Waals surface area contributed by atoms with Crippen LogP contribution >= 0.6 is 0 Å². The predicted octanol–water partition coefficient (Wildman–Crippen LogP) is -0.138. The van der Waals surface area contributed by atoms with Gasteiger partial charge in [-0.1, -0.05) is 0 Å².